The molecule has 0 saturated heterocycles. The maximum Gasteiger partial charge on any atom is 0.125 e. The molecule has 18 heavy (non-hydrogen) atoms. The van der Waals surface area contributed by atoms with Gasteiger partial charge >= 0.3 is 0 Å². The predicted octanol–water partition coefficient (Wildman–Crippen LogP) is 3.42. The lowest BCUT2D eigenvalue weighted by Crippen LogP contribution is -2.15. The summed E-state index contributed by atoms with van der Waals surface area (Å²) in [5.41, 5.74) is 7.18. The van der Waals surface area contributed by atoms with Crippen LogP contribution < -0.4 is 10.5 Å². The summed E-state index contributed by atoms with van der Waals surface area (Å²) in [6.07, 6.45) is 0.122. The lowest BCUT2D eigenvalue weighted by molar-refractivity contribution is 0.238. The van der Waals surface area contributed by atoms with E-state index < -0.39 is 0 Å². The monoisotopic (exact) mass is 245 g/mol. The highest BCUT2D eigenvalue weighted by Gasteiger charge is 2.17. The Morgan fingerprint density at radius 3 is 2.44 bits per heavy atom. The number of ether oxygens (including phenoxy) is 1. The van der Waals surface area contributed by atoms with Crippen LogP contribution in [0.3, 0.4) is 0 Å². The minimum atomic E-state index is -0.298. The van der Waals surface area contributed by atoms with E-state index in [2.05, 4.69) is 0 Å². The number of aryl methyl sites for hydroxylation is 1. The number of nitrogens with two attached hydrogens (primary N) is 1. The van der Waals surface area contributed by atoms with E-state index in [9.17, 15) is 0 Å². The number of rotatable bonds is 4. The van der Waals surface area contributed by atoms with Gasteiger partial charge in [0.05, 0.1) is 12.1 Å². The van der Waals surface area contributed by atoms with Gasteiger partial charge in [0.15, 0.2) is 0 Å². The summed E-state index contributed by atoms with van der Waals surface area (Å²) >= 11 is 0. The van der Waals surface area contributed by atoms with Crippen LogP contribution in [0.5, 0.6) is 5.75 Å². The highest BCUT2D eigenvalue weighted by molar-refractivity contribution is 5.39. The molecule has 0 amide bonds. The highest BCUT2D eigenvalue weighted by Crippen LogP contribution is 2.29. The fraction of sp³-hybridized carbons (Fsp3) is 0.333. The number of furan rings is 1. The Morgan fingerprint density at radius 2 is 1.83 bits per heavy atom. The molecule has 96 valence electrons. The third kappa shape index (κ3) is 2.74. The number of hydrogen-bond acceptors (Lipinski definition) is 3. The fourth-order valence-electron chi connectivity index (χ4n) is 1.87. The van der Waals surface area contributed by atoms with Gasteiger partial charge in [-0.15, -0.1) is 0 Å². The lowest BCUT2D eigenvalue weighted by Gasteiger charge is -2.17. The molecule has 0 spiro atoms. The molecule has 0 radical (unpaired) electrons. The van der Waals surface area contributed by atoms with E-state index in [1.807, 2.05) is 57.2 Å². The Kier molecular flexibility index (Phi) is 3.72. The van der Waals surface area contributed by atoms with Crippen LogP contribution in [-0.4, -0.2) is 6.10 Å². The minimum absolute atomic E-state index is 0.122. The molecule has 0 aliphatic heterocycles. The first-order valence-electron chi connectivity index (χ1n) is 6.15. The summed E-state index contributed by atoms with van der Waals surface area (Å²) in [4.78, 5) is 0. The SMILES string of the molecule is Cc1ccc(C(N)c2ccccc2OC(C)C)o1. The summed E-state index contributed by atoms with van der Waals surface area (Å²) in [7, 11) is 0. The average Bonchev–Trinajstić information content (AvgIpc) is 2.75. The van der Waals surface area contributed by atoms with Crippen molar-refractivity contribution in [3.63, 3.8) is 0 Å². The van der Waals surface area contributed by atoms with Crippen LogP contribution in [-0.2, 0) is 0 Å². The van der Waals surface area contributed by atoms with E-state index in [0.717, 1.165) is 22.8 Å². The van der Waals surface area contributed by atoms with Crippen molar-refractivity contribution in [1.82, 2.24) is 0 Å². The van der Waals surface area contributed by atoms with E-state index in [4.69, 9.17) is 14.9 Å². The normalized spacial score (nSPS) is 12.7. The van der Waals surface area contributed by atoms with Crippen molar-refractivity contribution >= 4 is 0 Å². The zero-order valence-electron chi connectivity index (χ0n) is 11.0. The Morgan fingerprint density at radius 1 is 1.11 bits per heavy atom. The van der Waals surface area contributed by atoms with E-state index in [0.29, 0.717) is 0 Å². The summed E-state index contributed by atoms with van der Waals surface area (Å²) in [5, 5.41) is 0. The second-order valence-electron chi connectivity index (χ2n) is 4.63. The molecule has 1 unspecified atom stereocenters. The molecule has 1 aromatic carbocycles. The highest BCUT2D eigenvalue weighted by atomic mass is 16.5. The van der Waals surface area contributed by atoms with Gasteiger partial charge in [0.25, 0.3) is 0 Å². The first-order valence-corrected chi connectivity index (χ1v) is 6.15. The van der Waals surface area contributed by atoms with Gasteiger partial charge < -0.3 is 14.9 Å². The quantitative estimate of drug-likeness (QED) is 0.897. The Balaban J connectivity index is 2.32. The molecule has 2 aromatic rings. The zero-order valence-corrected chi connectivity index (χ0v) is 11.0. The van der Waals surface area contributed by atoms with Crippen LogP contribution in [0.15, 0.2) is 40.8 Å². The van der Waals surface area contributed by atoms with Crippen molar-refractivity contribution in [3.8, 4) is 5.75 Å². The Labute approximate surface area is 108 Å². The summed E-state index contributed by atoms with van der Waals surface area (Å²) in [6.45, 7) is 5.91. The first-order chi connectivity index (χ1) is 8.58. The molecular weight excluding hydrogens is 226 g/mol. The molecule has 2 N–H and O–H groups in total. The van der Waals surface area contributed by atoms with Crippen LogP contribution in [0.1, 0.15) is 37.0 Å². The minimum Gasteiger partial charge on any atom is -0.491 e. The second kappa shape index (κ2) is 5.27. The lowest BCUT2D eigenvalue weighted by atomic mass is 10.0. The standard InChI is InChI=1S/C15H19NO2/c1-10(2)17-13-7-5-4-6-12(13)15(16)14-9-8-11(3)18-14/h4-10,15H,16H2,1-3H3. The molecule has 2 rings (SSSR count). The fourth-order valence-corrected chi connectivity index (χ4v) is 1.87. The van der Waals surface area contributed by atoms with Gasteiger partial charge in [0.2, 0.25) is 0 Å². The Bertz CT molecular complexity index is 517. The molecule has 3 nitrogen and oxygen atoms in total. The summed E-state index contributed by atoms with van der Waals surface area (Å²) in [6, 6.07) is 11.3. The van der Waals surface area contributed by atoms with Gasteiger partial charge in [0.1, 0.15) is 17.3 Å². The molecule has 3 heteroatoms. The molecule has 0 aliphatic carbocycles. The van der Waals surface area contributed by atoms with Crippen LogP contribution in [0.25, 0.3) is 0 Å². The van der Waals surface area contributed by atoms with E-state index >= 15 is 0 Å². The van der Waals surface area contributed by atoms with Crippen LogP contribution >= 0.6 is 0 Å². The third-order valence-corrected chi connectivity index (χ3v) is 2.68. The Hall–Kier alpha value is -1.74. The molecule has 1 heterocycles. The third-order valence-electron chi connectivity index (χ3n) is 2.68. The van der Waals surface area contributed by atoms with Crippen molar-refractivity contribution in [2.24, 2.45) is 5.73 Å². The molecule has 0 saturated carbocycles. The van der Waals surface area contributed by atoms with Crippen molar-refractivity contribution in [2.75, 3.05) is 0 Å². The maximum absolute atomic E-state index is 6.23. The van der Waals surface area contributed by atoms with E-state index in [1.54, 1.807) is 0 Å². The number of para-hydroxylation sites is 1. The molecule has 0 fully saturated rings. The van der Waals surface area contributed by atoms with Crippen LogP contribution in [0, 0.1) is 6.92 Å². The predicted molar refractivity (Wildman–Crippen MR) is 71.7 cm³/mol. The second-order valence-corrected chi connectivity index (χ2v) is 4.63. The zero-order chi connectivity index (χ0) is 13.1. The maximum atomic E-state index is 6.23. The molecule has 1 atom stereocenters. The van der Waals surface area contributed by atoms with E-state index in [-0.39, 0.29) is 12.1 Å². The largest absolute Gasteiger partial charge is 0.491 e. The number of benzene rings is 1. The van der Waals surface area contributed by atoms with Gasteiger partial charge in [-0.2, -0.15) is 0 Å². The van der Waals surface area contributed by atoms with Crippen molar-refractivity contribution in [2.45, 2.75) is 32.9 Å². The molecule has 0 aliphatic rings. The van der Waals surface area contributed by atoms with Crippen LogP contribution in [0.2, 0.25) is 0 Å². The van der Waals surface area contributed by atoms with Gasteiger partial charge in [-0.1, -0.05) is 18.2 Å². The molecule has 1 aromatic heterocycles. The van der Waals surface area contributed by atoms with Crippen molar-refractivity contribution < 1.29 is 9.15 Å². The number of hydrogen-bond donors (Lipinski definition) is 1. The van der Waals surface area contributed by atoms with Gasteiger partial charge in [-0.3, -0.25) is 0 Å². The van der Waals surface area contributed by atoms with Crippen LogP contribution in [0.4, 0.5) is 0 Å². The summed E-state index contributed by atoms with van der Waals surface area (Å²) in [5.74, 6) is 2.43. The van der Waals surface area contributed by atoms with Crippen molar-refractivity contribution in [1.29, 1.82) is 0 Å². The first kappa shape index (κ1) is 12.7. The molecule has 0 bridgehead atoms. The average molecular weight is 245 g/mol. The van der Waals surface area contributed by atoms with Gasteiger partial charge in [-0.05, 0) is 39.0 Å². The van der Waals surface area contributed by atoms with E-state index in [1.165, 1.54) is 0 Å². The van der Waals surface area contributed by atoms with Gasteiger partial charge in [0, 0.05) is 5.56 Å². The smallest absolute Gasteiger partial charge is 0.125 e. The van der Waals surface area contributed by atoms with Crippen molar-refractivity contribution in [3.05, 3.63) is 53.5 Å². The van der Waals surface area contributed by atoms with Gasteiger partial charge in [-0.25, -0.2) is 0 Å². The molecular formula is C15H19NO2. The topological polar surface area (TPSA) is 48.4 Å². The summed E-state index contributed by atoms with van der Waals surface area (Å²) < 4.78 is 11.4.